The summed E-state index contributed by atoms with van der Waals surface area (Å²) < 4.78 is 0. The van der Waals surface area contributed by atoms with Gasteiger partial charge in [0.15, 0.2) is 0 Å². The van der Waals surface area contributed by atoms with Crippen molar-refractivity contribution in [3.63, 3.8) is 0 Å². The van der Waals surface area contributed by atoms with Crippen LogP contribution in [-0.2, 0) is 4.84 Å². The number of hydrogen-bond acceptors (Lipinski definition) is 2. The first-order chi connectivity index (χ1) is 8.97. The van der Waals surface area contributed by atoms with Gasteiger partial charge in [-0.05, 0) is 31.6 Å². The lowest BCUT2D eigenvalue weighted by Crippen LogP contribution is -2.31. The van der Waals surface area contributed by atoms with Crippen molar-refractivity contribution >= 4 is 0 Å². The maximum absolute atomic E-state index is 5.99. The van der Waals surface area contributed by atoms with Crippen molar-refractivity contribution in [1.82, 2.24) is 5.48 Å². The molecule has 0 aromatic carbocycles. The molecule has 0 bridgehead atoms. The summed E-state index contributed by atoms with van der Waals surface area (Å²) in [6.45, 7) is 1.04. The lowest BCUT2D eigenvalue weighted by Gasteiger charge is -2.26. The van der Waals surface area contributed by atoms with Gasteiger partial charge < -0.3 is 0 Å². The van der Waals surface area contributed by atoms with Gasteiger partial charge in [0.2, 0.25) is 0 Å². The van der Waals surface area contributed by atoms with Crippen LogP contribution in [0.5, 0.6) is 0 Å². The van der Waals surface area contributed by atoms with Crippen LogP contribution in [0.3, 0.4) is 0 Å². The van der Waals surface area contributed by atoms with E-state index in [4.69, 9.17) is 4.84 Å². The molecule has 0 spiro atoms. The predicted molar refractivity (Wildman–Crippen MR) is 76.4 cm³/mol. The van der Waals surface area contributed by atoms with Crippen LogP contribution in [0.4, 0.5) is 0 Å². The van der Waals surface area contributed by atoms with Gasteiger partial charge in [-0.15, -0.1) is 0 Å². The molecule has 1 aliphatic heterocycles. The Morgan fingerprint density at radius 3 is 1.89 bits per heavy atom. The third-order valence-electron chi connectivity index (χ3n) is 4.68. The van der Waals surface area contributed by atoms with Gasteiger partial charge in [-0.3, -0.25) is 4.84 Å². The van der Waals surface area contributed by atoms with Crippen LogP contribution < -0.4 is 5.48 Å². The Morgan fingerprint density at radius 2 is 1.17 bits per heavy atom. The smallest absolute Gasteiger partial charge is 0.0818 e. The zero-order valence-corrected chi connectivity index (χ0v) is 12.0. The van der Waals surface area contributed by atoms with Crippen molar-refractivity contribution in [2.45, 2.75) is 89.6 Å². The number of rotatable bonds is 1. The van der Waals surface area contributed by atoms with Crippen molar-refractivity contribution in [2.75, 3.05) is 6.54 Å². The van der Waals surface area contributed by atoms with Gasteiger partial charge >= 0.3 is 0 Å². The molecule has 1 N–H and O–H groups in total. The Kier molecular flexibility index (Phi) is 7.11. The van der Waals surface area contributed by atoms with E-state index in [0.717, 1.165) is 12.5 Å². The summed E-state index contributed by atoms with van der Waals surface area (Å²) >= 11 is 0. The molecule has 106 valence electrons. The van der Waals surface area contributed by atoms with Gasteiger partial charge in [0.1, 0.15) is 0 Å². The summed E-state index contributed by atoms with van der Waals surface area (Å²) in [7, 11) is 0. The monoisotopic (exact) mass is 253 g/mol. The highest BCUT2D eigenvalue weighted by Crippen LogP contribution is 2.28. The molecule has 1 saturated heterocycles. The van der Waals surface area contributed by atoms with E-state index in [0.29, 0.717) is 6.10 Å². The standard InChI is InChI=1S/C16H31NO/c1-2-4-8-12-15(11-7-3-1)16-13-9-5-6-10-14-17-18-16/h15-17H,1-14H2. The summed E-state index contributed by atoms with van der Waals surface area (Å²) in [5.74, 6) is 0.814. The van der Waals surface area contributed by atoms with Gasteiger partial charge in [-0.1, -0.05) is 57.8 Å². The Bertz CT molecular complexity index is 165. The van der Waals surface area contributed by atoms with Crippen LogP contribution in [0.25, 0.3) is 0 Å². The average molecular weight is 253 g/mol. The Hall–Kier alpha value is -0.0800. The number of nitrogens with one attached hydrogen (secondary N) is 1. The Morgan fingerprint density at radius 1 is 0.611 bits per heavy atom. The topological polar surface area (TPSA) is 21.3 Å². The second-order valence-corrected chi connectivity index (χ2v) is 6.21. The van der Waals surface area contributed by atoms with Crippen molar-refractivity contribution in [3.05, 3.63) is 0 Å². The molecule has 0 aromatic heterocycles. The first-order valence-electron chi connectivity index (χ1n) is 8.35. The summed E-state index contributed by atoms with van der Waals surface area (Å²) in [5.41, 5.74) is 3.23. The van der Waals surface area contributed by atoms with Gasteiger partial charge in [-0.2, -0.15) is 0 Å². The normalized spacial score (nSPS) is 30.3. The predicted octanol–water partition coefficient (Wildman–Crippen LogP) is 4.59. The van der Waals surface area contributed by atoms with E-state index in [1.165, 1.54) is 83.5 Å². The van der Waals surface area contributed by atoms with Crippen molar-refractivity contribution < 1.29 is 4.84 Å². The zero-order chi connectivity index (χ0) is 12.5. The molecule has 18 heavy (non-hydrogen) atoms. The van der Waals surface area contributed by atoms with E-state index in [-0.39, 0.29) is 0 Å². The molecule has 2 heteroatoms. The van der Waals surface area contributed by atoms with E-state index < -0.39 is 0 Å². The summed E-state index contributed by atoms with van der Waals surface area (Å²) in [5, 5.41) is 0. The number of hydrogen-bond donors (Lipinski definition) is 1. The van der Waals surface area contributed by atoms with Crippen LogP contribution in [0.15, 0.2) is 0 Å². The van der Waals surface area contributed by atoms with E-state index in [2.05, 4.69) is 5.48 Å². The molecule has 1 aliphatic carbocycles. The zero-order valence-electron chi connectivity index (χ0n) is 12.0. The molecule has 0 aromatic rings. The minimum Gasteiger partial charge on any atom is -0.298 e. The molecule has 2 fully saturated rings. The molecule has 1 atom stereocenters. The van der Waals surface area contributed by atoms with Crippen molar-refractivity contribution in [2.24, 2.45) is 5.92 Å². The van der Waals surface area contributed by atoms with Crippen molar-refractivity contribution in [1.29, 1.82) is 0 Å². The molecular formula is C16H31NO. The molecule has 1 unspecified atom stereocenters. The molecule has 2 rings (SSSR count). The van der Waals surface area contributed by atoms with E-state index in [9.17, 15) is 0 Å². The largest absolute Gasteiger partial charge is 0.298 e. The van der Waals surface area contributed by atoms with Gasteiger partial charge in [0.25, 0.3) is 0 Å². The Balaban J connectivity index is 1.83. The highest BCUT2D eigenvalue weighted by molar-refractivity contribution is 4.73. The second kappa shape index (κ2) is 8.92. The first-order valence-corrected chi connectivity index (χ1v) is 8.35. The van der Waals surface area contributed by atoms with Gasteiger partial charge in [-0.25, -0.2) is 5.48 Å². The highest BCUT2D eigenvalue weighted by atomic mass is 16.7. The fourth-order valence-corrected chi connectivity index (χ4v) is 3.49. The Labute approximate surface area is 113 Å². The number of hydroxylamine groups is 1. The lowest BCUT2D eigenvalue weighted by molar-refractivity contribution is -0.0619. The molecule has 1 saturated carbocycles. The minimum absolute atomic E-state index is 0.487. The molecule has 0 amide bonds. The SMILES string of the molecule is C1CCCCC(C2CCCCCCNO2)CCC1. The van der Waals surface area contributed by atoms with E-state index >= 15 is 0 Å². The van der Waals surface area contributed by atoms with Crippen LogP contribution in [0.1, 0.15) is 83.5 Å². The van der Waals surface area contributed by atoms with Gasteiger partial charge in [0.05, 0.1) is 6.10 Å². The summed E-state index contributed by atoms with van der Waals surface area (Å²) in [6, 6.07) is 0. The van der Waals surface area contributed by atoms with Crippen LogP contribution in [0.2, 0.25) is 0 Å². The summed E-state index contributed by atoms with van der Waals surface area (Å²) in [4.78, 5) is 5.99. The maximum Gasteiger partial charge on any atom is 0.0818 e. The van der Waals surface area contributed by atoms with E-state index in [1.807, 2.05) is 0 Å². The lowest BCUT2D eigenvalue weighted by atomic mass is 9.88. The van der Waals surface area contributed by atoms with E-state index in [1.54, 1.807) is 0 Å². The van der Waals surface area contributed by atoms with Crippen LogP contribution >= 0.6 is 0 Å². The third kappa shape index (κ3) is 5.27. The molecule has 2 nitrogen and oxygen atoms in total. The molecule has 2 aliphatic rings. The third-order valence-corrected chi connectivity index (χ3v) is 4.68. The minimum atomic E-state index is 0.487. The molecule has 1 heterocycles. The quantitative estimate of drug-likeness (QED) is 0.738. The highest BCUT2D eigenvalue weighted by Gasteiger charge is 2.23. The van der Waals surface area contributed by atoms with Gasteiger partial charge in [0, 0.05) is 6.54 Å². The second-order valence-electron chi connectivity index (χ2n) is 6.21. The molecular weight excluding hydrogens is 222 g/mol. The summed E-state index contributed by atoms with van der Waals surface area (Å²) in [6.07, 6.45) is 18.6. The van der Waals surface area contributed by atoms with Crippen LogP contribution in [-0.4, -0.2) is 12.6 Å². The van der Waals surface area contributed by atoms with Crippen molar-refractivity contribution in [3.8, 4) is 0 Å². The average Bonchev–Trinajstić information content (AvgIpc) is 2.61. The fourth-order valence-electron chi connectivity index (χ4n) is 3.49. The van der Waals surface area contributed by atoms with Crippen LogP contribution in [0, 0.1) is 5.92 Å². The first kappa shape index (κ1) is 14.3. The fraction of sp³-hybridized carbons (Fsp3) is 1.00. The molecule has 0 radical (unpaired) electrons. The maximum atomic E-state index is 5.99.